The van der Waals surface area contributed by atoms with E-state index in [-0.39, 0.29) is 5.82 Å². The Labute approximate surface area is 112 Å². The van der Waals surface area contributed by atoms with E-state index in [2.05, 4.69) is 10.3 Å². The van der Waals surface area contributed by atoms with Crippen molar-refractivity contribution in [3.8, 4) is 5.69 Å². The minimum atomic E-state index is -0.216. The van der Waals surface area contributed by atoms with E-state index in [4.69, 9.17) is 4.74 Å². The zero-order chi connectivity index (χ0) is 13.8. The van der Waals surface area contributed by atoms with Gasteiger partial charge in [-0.15, -0.1) is 0 Å². The van der Waals surface area contributed by atoms with Crippen molar-refractivity contribution < 1.29 is 9.13 Å². The van der Waals surface area contributed by atoms with Crippen molar-refractivity contribution in [2.45, 2.75) is 13.8 Å². The number of imidazole rings is 1. The van der Waals surface area contributed by atoms with Crippen LogP contribution in [0.3, 0.4) is 0 Å². The highest BCUT2D eigenvalue weighted by Gasteiger charge is 2.08. The van der Waals surface area contributed by atoms with Gasteiger partial charge >= 0.3 is 0 Å². The van der Waals surface area contributed by atoms with Gasteiger partial charge in [0.25, 0.3) is 0 Å². The first kappa shape index (κ1) is 13.5. The Balaban J connectivity index is 2.29. The molecule has 2 aromatic rings. The fourth-order valence-electron chi connectivity index (χ4n) is 1.82. The van der Waals surface area contributed by atoms with Gasteiger partial charge in [0.2, 0.25) is 5.95 Å². The van der Waals surface area contributed by atoms with Gasteiger partial charge in [-0.05, 0) is 31.5 Å². The van der Waals surface area contributed by atoms with Crippen LogP contribution >= 0.6 is 0 Å². The Bertz CT molecular complexity index is 566. The Morgan fingerprint density at radius 3 is 2.84 bits per heavy atom. The second kappa shape index (κ2) is 5.84. The van der Waals surface area contributed by atoms with Crippen molar-refractivity contribution in [2.24, 2.45) is 0 Å². The zero-order valence-corrected chi connectivity index (χ0v) is 11.4. The van der Waals surface area contributed by atoms with Gasteiger partial charge in [-0.2, -0.15) is 0 Å². The maximum absolute atomic E-state index is 13.6. The molecule has 1 aromatic heterocycles. The summed E-state index contributed by atoms with van der Waals surface area (Å²) in [4.78, 5) is 4.38. The van der Waals surface area contributed by atoms with E-state index >= 15 is 0 Å². The summed E-state index contributed by atoms with van der Waals surface area (Å²) in [7, 11) is 1.65. The standard InChI is InChI=1S/C14H18FN3O/c1-10-4-5-12(8-13(10)15)18-9-11(2)17-14(18)16-6-7-19-3/h4-5,8-9H,6-7H2,1-3H3,(H,16,17). The predicted molar refractivity (Wildman–Crippen MR) is 73.4 cm³/mol. The summed E-state index contributed by atoms with van der Waals surface area (Å²) >= 11 is 0. The minimum Gasteiger partial charge on any atom is -0.383 e. The van der Waals surface area contributed by atoms with E-state index in [9.17, 15) is 4.39 Å². The SMILES string of the molecule is COCCNc1nc(C)cn1-c1ccc(C)c(F)c1. The average molecular weight is 263 g/mol. The first-order chi connectivity index (χ1) is 9.11. The van der Waals surface area contributed by atoms with Gasteiger partial charge in [-0.25, -0.2) is 9.37 Å². The molecular formula is C14H18FN3O. The Hall–Kier alpha value is -1.88. The molecule has 1 N–H and O–H groups in total. The molecule has 0 atom stereocenters. The van der Waals surface area contributed by atoms with E-state index < -0.39 is 0 Å². The number of methoxy groups -OCH3 is 1. The van der Waals surface area contributed by atoms with E-state index in [1.54, 1.807) is 20.1 Å². The third-order valence-corrected chi connectivity index (χ3v) is 2.85. The highest BCUT2D eigenvalue weighted by molar-refractivity contribution is 5.44. The van der Waals surface area contributed by atoms with E-state index in [0.717, 1.165) is 11.4 Å². The molecule has 0 amide bonds. The van der Waals surface area contributed by atoms with Gasteiger partial charge in [-0.3, -0.25) is 4.57 Å². The quantitative estimate of drug-likeness (QED) is 0.843. The molecule has 0 aliphatic carbocycles. The number of benzene rings is 1. The average Bonchev–Trinajstić information content (AvgIpc) is 2.74. The maximum atomic E-state index is 13.6. The molecule has 19 heavy (non-hydrogen) atoms. The van der Waals surface area contributed by atoms with Crippen molar-refractivity contribution in [2.75, 3.05) is 25.6 Å². The number of nitrogens with zero attached hydrogens (tertiary/aromatic N) is 2. The third kappa shape index (κ3) is 3.12. The van der Waals surface area contributed by atoms with Gasteiger partial charge in [0.15, 0.2) is 0 Å². The topological polar surface area (TPSA) is 39.1 Å². The lowest BCUT2D eigenvalue weighted by atomic mass is 10.2. The van der Waals surface area contributed by atoms with Crippen molar-refractivity contribution >= 4 is 5.95 Å². The molecule has 0 saturated heterocycles. The monoisotopic (exact) mass is 263 g/mol. The minimum absolute atomic E-state index is 0.216. The van der Waals surface area contributed by atoms with Gasteiger partial charge < -0.3 is 10.1 Å². The van der Waals surface area contributed by atoms with Crippen LogP contribution in [0.4, 0.5) is 10.3 Å². The van der Waals surface area contributed by atoms with Gasteiger partial charge in [-0.1, -0.05) is 6.07 Å². The summed E-state index contributed by atoms with van der Waals surface area (Å²) in [6, 6.07) is 5.15. The van der Waals surface area contributed by atoms with Crippen LogP contribution in [-0.2, 0) is 4.74 Å². The molecular weight excluding hydrogens is 245 g/mol. The number of hydrogen-bond acceptors (Lipinski definition) is 3. The normalized spacial score (nSPS) is 10.7. The van der Waals surface area contributed by atoms with Crippen LogP contribution in [0.1, 0.15) is 11.3 Å². The Kier molecular flexibility index (Phi) is 4.16. The number of halogens is 1. The lowest BCUT2D eigenvalue weighted by Crippen LogP contribution is -2.11. The van der Waals surface area contributed by atoms with Crippen LogP contribution < -0.4 is 5.32 Å². The molecule has 0 unspecified atom stereocenters. The summed E-state index contributed by atoms with van der Waals surface area (Å²) in [6.07, 6.45) is 1.87. The molecule has 0 fully saturated rings. The third-order valence-electron chi connectivity index (χ3n) is 2.85. The molecule has 0 saturated carbocycles. The summed E-state index contributed by atoms with van der Waals surface area (Å²) in [5.74, 6) is 0.476. The lowest BCUT2D eigenvalue weighted by Gasteiger charge is -2.10. The number of nitrogens with one attached hydrogen (secondary N) is 1. The molecule has 0 aliphatic heterocycles. The van der Waals surface area contributed by atoms with Gasteiger partial charge in [0.05, 0.1) is 18.0 Å². The summed E-state index contributed by atoms with van der Waals surface area (Å²) in [5, 5.41) is 3.17. The molecule has 2 rings (SSSR count). The summed E-state index contributed by atoms with van der Waals surface area (Å²) in [5.41, 5.74) is 2.26. The summed E-state index contributed by atoms with van der Waals surface area (Å²) < 4.78 is 20.5. The van der Waals surface area contributed by atoms with Crippen LogP contribution in [0.5, 0.6) is 0 Å². The molecule has 0 spiro atoms. The molecule has 5 heteroatoms. The predicted octanol–water partition coefficient (Wildman–Crippen LogP) is 2.69. The zero-order valence-electron chi connectivity index (χ0n) is 11.4. The highest BCUT2D eigenvalue weighted by Crippen LogP contribution is 2.19. The van der Waals surface area contributed by atoms with Crippen molar-refractivity contribution in [1.82, 2.24) is 9.55 Å². The second-order valence-corrected chi connectivity index (χ2v) is 4.43. The lowest BCUT2D eigenvalue weighted by molar-refractivity contribution is 0.210. The van der Waals surface area contributed by atoms with Crippen LogP contribution in [0, 0.1) is 19.7 Å². The fourth-order valence-corrected chi connectivity index (χ4v) is 1.82. The van der Waals surface area contributed by atoms with Gasteiger partial charge in [0, 0.05) is 19.9 Å². The van der Waals surface area contributed by atoms with Crippen LogP contribution in [-0.4, -0.2) is 29.8 Å². The smallest absolute Gasteiger partial charge is 0.207 e. The largest absolute Gasteiger partial charge is 0.383 e. The van der Waals surface area contributed by atoms with Gasteiger partial charge in [0.1, 0.15) is 5.82 Å². The van der Waals surface area contributed by atoms with Crippen molar-refractivity contribution in [1.29, 1.82) is 0 Å². The first-order valence-electron chi connectivity index (χ1n) is 6.17. The Morgan fingerprint density at radius 2 is 2.16 bits per heavy atom. The summed E-state index contributed by atoms with van der Waals surface area (Å²) in [6.45, 7) is 4.90. The van der Waals surface area contributed by atoms with E-state index in [0.29, 0.717) is 24.7 Å². The number of aromatic nitrogens is 2. The highest BCUT2D eigenvalue weighted by atomic mass is 19.1. The molecule has 1 heterocycles. The number of aryl methyl sites for hydroxylation is 2. The van der Waals surface area contributed by atoms with Crippen LogP contribution in [0.15, 0.2) is 24.4 Å². The Morgan fingerprint density at radius 1 is 1.37 bits per heavy atom. The molecule has 102 valence electrons. The second-order valence-electron chi connectivity index (χ2n) is 4.43. The number of anilines is 1. The number of rotatable bonds is 5. The molecule has 0 aliphatic rings. The number of ether oxygens (including phenoxy) is 1. The van der Waals surface area contributed by atoms with Crippen LogP contribution in [0.2, 0.25) is 0 Å². The van der Waals surface area contributed by atoms with E-state index in [1.165, 1.54) is 6.07 Å². The number of hydrogen-bond donors (Lipinski definition) is 1. The molecule has 4 nitrogen and oxygen atoms in total. The molecule has 0 bridgehead atoms. The first-order valence-corrected chi connectivity index (χ1v) is 6.17. The van der Waals surface area contributed by atoms with Crippen molar-refractivity contribution in [3.05, 3.63) is 41.5 Å². The van der Waals surface area contributed by atoms with Crippen LogP contribution in [0.25, 0.3) is 5.69 Å². The molecule has 0 radical (unpaired) electrons. The fraction of sp³-hybridized carbons (Fsp3) is 0.357. The molecule has 1 aromatic carbocycles. The van der Waals surface area contributed by atoms with E-state index in [1.807, 2.05) is 23.8 Å². The maximum Gasteiger partial charge on any atom is 0.207 e. The van der Waals surface area contributed by atoms with Crippen molar-refractivity contribution in [3.63, 3.8) is 0 Å².